The second-order valence-electron chi connectivity index (χ2n) is 6.53. The molecule has 3 rings (SSSR count). The Morgan fingerprint density at radius 1 is 1.46 bits per heavy atom. The highest BCUT2D eigenvalue weighted by Gasteiger charge is 2.24. The largest absolute Gasteiger partial charge is 0.376 e. The van der Waals surface area contributed by atoms with E-state index in [0.29, 0.717) is 17.9 Å². The summed E-state index contributed by atoms with van der Waals surface area (Å²) in [5.41, 5.74) is 2.39. The van der Waals surface area contributed by atoms with Gasteiger partial charge in [-0.05, 0) is 39.2 Å². The zero-order valence-corrected chi connectivity index (χ0v) is 17.9. The fraction of sp³-hybridized carbons (Fsp3) is 0.556. The van der Waals surface area contributed by atoms with Crippen LogP contribution in [0, 0.1) is 25.2 Å². The van der Waals surface area contributed by atoms with Crippen molar-refractivity contribution in [3.05, 3.63) is 16.8 Å². The second-order valence-corrected chi connectivity index (χ2v) is 8.73. The molecule has 0 spiro atoms. The lowest BCUT2D eigenvalue weighted by atomic mass is 10.2. The van der Waals surface area contributed by atoms with Gasteiger partial charge >= 0.3 is 0 Å². The van der Waals surface area contributed by atoms with Gasteiger partial charge in [-0.15, -0.1) is 10.2 Å². The normalized spacial score (nSPS) is 16.1. The summed E-state index contributed by atoms with van der Waals surface area (Å²) in [6.45, 7) is 8.05. The molecule has 0 bridgehead atoms. The number of hydrogen-bond acceptors (Lipinski definition) is 8. The van der Waals surface area contributed by atoms with Crippen LogP contribution in [0.2, 0.25) is 0 Å². The van der Waals surface area contributed by atoms with E-state index in [2.05, 4.69) is 26.9 Å². The van der Waals surface area contributed by atoms with Crippen molar-refractivity contribution in [2.75, 3.05) is 29.5 Å². The van der Waals surface area contributed by atoms with Gasteiger partial charge in [0.05, 0.1) is 24.0 Å². The van der Waals surface area contributed by atoms with Crippen molar-refractivity contribution >= 4 is 40.0 Å². The highest BCUT2D eigenvalue weighted by atomic mass is 32.2. The van der Waals surface area contributed by atoms with Crippen molar-refractivity contribution in [2.45, 2.75) is 50.6 Å². The van der Waals surface area contributed by atoms with Crippen LogP contribution in [0.5, 0.6) is 0 Å². The number of aromatic nitrogens is 3. The molecule has 3 heterocycles. The van der Waals surface area contributed by atoms with E-state index in [1.807, 2.05) is 25.3 Å². The molecule has 28 heavy (non-hydrogen) atoms. The molecule has 1 amide bonds. The van der Waals surface area contributed by atoms with E-state index >= 15 is 0 Å². The van der Waals surface area contributed by atoms with Crippen molar-refractivity contribution < 1.29 is 9.53 Å². The first-order chi connectivity index (χ1) is 13.5. The van der Waals surface area contributed by atoms with Gasteiger partial charge in [0.2, 0.25) is 11.0 Å². The van der Waals surface area contributed by atoms with E-state index in [-0.39, 0.29) is 17.8 Å². The number of carbonyl (C=O) groups excluding carboxylic acids is 1. The van der Waals surface area contributed by atoms with Crippen LogP contribution in [0.15, 0.2) is 4.34 Å². The Balaban J connectivity index is 1.69. The average Bonchev–Trinajstić information content (AvgIpc) is 3.39. The molecule has 1 fully saturated rings. The van der Waals surface area contributed by atoms with E-state index in [1.54, 1.807) is 0 Å². The summed E-state index contributed by atoms with van der Waals surface area (Å²) in [5.74, 6) is 0.589. The first kappa shape index (κ1) is 20.6. The quantitative estimate of drug-likeness (QED) is 0.632. The van der Waals surface area contributed by atoms with E-state index < -0.39 is 0 Å². The third-order valence-electron chi connectivity index (χ3n) is 4.67. The molecule has 8 nitrogen and oxygen atoms in total. The van der Waals surface area contributed by atoms with Crippen molar-refractivity contribution in [1.29, 1.82) is 5.26 Å². The van der Waals surface area contributed by atoms with E-state index in [0.717, 1.165) is 46.7 Å². The number of nitrogens with zero attached hydrogens (tertiary/aromatic N) is 4. The standard InChI is InChI=1S/C18H24N6O2S2/c1-4-20-17-22-23-18(28-17)27-10-15(25)21-16-14(8-19)11(2)12(3)24(16)9-13-6-5-7-26-13/h13H,4-7,9-10H2,1-3H3,(H,20,22)(H,21,25)/t13-/m1/s1. The molecule has 0 unspecified atom stereocenters. The predicted molar refractivity (Wildman–Crippen MR) is 111 cm³/mol. The molecule has 1 aliphatic rings. The van der Waals surface area contributed by atoms with Gasteiger partial charge in [0, 0.05) is 18.8 Å². The van der Waals surface area contributed by atoms with Gasteiger partial charge in [-0.2, -0.15) is 5.26 Å². The molecular weight excluding hydrogens is 396 g/mol. The number of ether oxygens (including phenoxy) is 1. The second kappa shape index (κ2) is 9.41. The van der Waals surface area contributed by atoms with Gasteiger partial charge in [0.1, 0.15) is 11.9 Å². The number of rotatable bonds is 8. The number of amides is 1. The SMILES string of the molecule is CCNc1nnc(SCC(=O)Nc2c(C#N)c(C)c(C)n2C[C@H]2CCCO2)s1. The summed E-state index contributed by atoms with van der Waals surface area (Å²) in [5, 5.41) is 24.5. The monoisotopic (exact) mass is 420 g/mol. The summed E-state index contributed by atoms with van der Waals surface area (Å²) in [6, 6.07) is 2.23. The Morgan fingerprint density at radius 2 is 2.29 bits per heavy atom. The summed E-state index contributed by atoms with van der Waals surface area (Å²) >= 11 is 2.75. The first-order valence-corrected chi connectivity index (χ1v) is 11.0. The third-order valence-corrected chi connectivity index (χ3v) is 6.68. The summed E-state index contributed by atoms with van der Waals surface area (Å²) in [7, 11) is 0. The molecule has 0 saturated carbocycles. The van der Waals surface area contributed by atoms with Crippen molar-refractivity contribution in [3.8, 4) is 6.07 Å². The fourth-order valence-corrected chi connectivity index (χ4v) is 4.76. The molecular formula is C18H24N6O2S2. The molecule has 1 saturated heterocycles. The lowest BCUT2D eigenvalue weighted by Gasteiger charge is -2.16. The minimum atomic E-state index is -0.173. The Morgan fingerprint density at radius 3 is 2.96 bits per heavy atom. The van der Waals surface area contributed by atoms with Crippen molar-refractivity contribution in [2.24, 2.45) is 0 Å². The maximum atomic E-state index is 12.6. The maximum absolute atomic E-state index is 12.6. The molecule has 2 N–H and O–H groups in total. The highest BCUT2D eigenvalue weighted by molar-refractivity contribution is 8.01. The van der Waals surface area contributed by atoms with Crippen molar-refractivity contribution in [3.63, 3.8) is 0 Å². The Hall–Kier alpha value is -2.09. The number of thioether (sulfide) groups is 1. The molecule has 0 radical (unpaired) electrons. The Kier molecular flexibility index (Phi) is 6.93. The molecule has 10 heteroatoms. The summed E-state index contributed by atoms with van der Waals surface area (Å²) < 4.78 is 8.47. The van der Waals surface area contributed by atoms with Crippen LogP contribution < -0.4 is 10.6 Å². The fourth-order valence-electron chi connectivity index (χ4n) is 3.14. The van der Waals surface area contributed by atoms with Crippen LogP contribution >= 0.6 is 23.1 Å². The van der Waals surface area contributed by atoms with Crippen LogP contribution in [0.3, 0.4) is 0 Å². The molecule has 150 valence electrons. The Labute approximate surface area is 172 Å². The van der Waals surface area contributed by atoms with Gasteiger partial charge in [-0.1, -0.05) is 23.1 Å². The van der Waals surface area contributed by atoms with Gasteiger partial charge in [0.15, 0.2) is 4.34 Å². The van der Waals surface area contributed by atoms with Crippen LogP contribution in [0.1, 0.15) is 36.6 Å². The highest BCUT2D eigenvalue weighted by Crippen LogP contribution is 2.29. The number of nitrogens with one attached hydrogen (secondary N) is 2. The molecule has 0 aliphatic carbocycles. The summed E-state index contributed by atoms with van der Waals surface area (Å²) in [6.07, 6.45) is 2.16. The molecule has 0 aromatic carbocycles. The summed E-state index contributed by atoms with van der Waals surface area (Å²) in [4.78, 5) is 12.6. The van der Waals surface area contributed by atoms with Crippen LogP contribution in [-0.4, -0.2) is 45.7 Å². The lowest BCUT2D eigenvalue weighted by Crippen LogP contribution is -2.22. The molecule has 2 aromatic rings. The van der Waals surface area contributed by atoms with Gasteiger partial charge in [0.25, 0.3) is 0 Å². The molecule has 2 aromatic heterocycles. The first-order valence-electron chi connectivity index (χ1n) is 9.24. The zero-order chi connectivity index (χ0) is 20.1. The Bertz CT molecular complexity index is 880. The zero-order valence-electron chi connectivity index (χ0n) is 16.2. The third kappa shape index (κ3) is 4.66. The minimum Gasteiger partial charge on any atom is -0.376 e. The maximum Gasteiger partial charge on any atom is 0.235 e. The van der Waals surface area contributed by atoms with Crippen LogP contribution in [0.25, 0.3) is 0 Å². The van der Waals surface area contributed by atoms with E-state index in [1.165, 1.54) is 23.1 Å². The minimum absolute atomic E-state index is 0.118. The number of nitriles is 1. The van der Waals surface area contributed by atoms with Gasteiger partial charge < -0.3 is 19.9 Å². The smallest absolute Gasteiger partial charge is 0.235 e. The molecule has 1 atom stereocenters. The predicted octanol–water partition coefficient (Wildman–Crippen LogP) is 3.17. The van der Waals surface area contributed by atoms with Crippen molar-refractivity contribution in [1.82, 2.24) is 14.8 Å². The lowest BCUT2D eigenvalue weighted by molar-refractivity contribution is -0.113. The van der Waals surface area contributed by atoms with Gasteiger partial charge in [-0.3, -0.25) is 4.79 Å². The van der Waals surface area contributed by atoms with E-state index in [4.69, 9.17) is 4.74 Å². The number of anilines is 2. The molecule has 1 aliphatic heterocycles. The average molecular weight is 421 g/mol. The topological polar surface area (TPSA) is 105 Å². The van der Waals surface area contributed by atoms with Gasteiger partial charge in [-0.25, -0.2) is 0 Å². The number of hydrogen-bond donors (Lipinski definition) is 2. The van der Waals surface area contributed by atoms with E-state index in [9.17, 15) is 10.1 Å². The van der Waals surface area contributed by atoms with Crippen LogP contribution in [-0.2, 0) is 16.1 Å². The number of carbonyl (C=O) groups is 1. The van der Waals surface area contributed by atoms with Crippen LogP contribution in [0.4, 0.5) is 10.9 Å².